The van der Waals surface area contributed by atoms with Crippen LogP contribution in [0.4, 0.5) is 70.2 Å². The van der Waals surface area contributed by atoms with Gasteiger partial charge in [-0.15, -0.1) is 0 Å². The van der Waals surface area contributed by atoms with Crippen molar-refractivity contribution in [3.05, 3.63) is 48.5 Å². The molecule has 0 atom stereocenters. The lowest BCUT2D eigenvalue weighted by Gasteiger charge is -2.24. The number of para-hydroxylation sites is 2. The van der Waals surface area contributed by atoms with E-state index in [2.05, 4.69) is 16.7 Å². The lowest BCUT2D eigenvalue weighted by molar-refractivity contribution is -0.229. The quantitative estimate of drug-likeness (QED) is 0.146. The van der Waals surface area contributed by atoms with Crippen LogP contribution in [0, 0.1) is 0 Å². The molecule has 0 radical (unpaired) electrons. The molecule has 324 valence electrons. The fourth-order valence-corrected chi connectivity index (χ4v) is 7.23. The molecule has 0 heterocycles. The number of rotatable bonds is 16. The number of hydrogen-bond acceptors (Lipinski definition) is 12. The molecule has 0 saturated heterocycles. The molecule has 2 rings (SSSR count). The molecule has 2 aromatic rings. The molecular formula is C24H20F16O12S4. The van der Waals surface area contributed by atoms with Crippen LogP contribution >= 0.6 is 0 Å². The Kier molecular flexibility index (Phi) is 16.4. The van der Waals surface area contributed by atoms with Crippen molar-refractivity contribution < 1.29 is 121 Å². The Morgan fingerprint density at radius 2 is 0.625 bits per heavy atom. The van der Waals surface area contributed by atoms with Crippen LogP contribution in [0.1, 0.15) is 0 Å². The van der Waals surface area contributed by atoms with Crippen molar-refractivity contribution in [3.8, 4) is 23.0 Å². The first-order valence-electron chi connectivity index (χ1n) is 13.5. The predicted molar refractivity (Wildman–Crippen MR) is 154 cm³/mol. The number of halogens is 16. The number of alkyl halides is 16. The third-order valence-electron chi connectivity index (χ3n) is 5.78. The van der Waals surface area contributed by atoms with Crippen LogP contribution in [0.15, 0.2) is 48.5 Å². The minimum absolute atomic E-state index is 0.113. The van der Waals surface area contributed by atoms with Crippen molar-refractivity contribution in [2.75, 3.05) is 26.7 Å². The van der Waals surface area contributed by atoms with Crippen LogP contribution < -0.4 is 16.7 Å². The molecule has 2 aromatic carbocycles. The van der Waals surface area contributed by atoms with Crippen LogP contribution in [0.2, 0.25) is 0 Å². The van der Waals surface area contributed by atoms with E-state index in [4.69, 9.17) is 0 Å². The van der Waals surface area contributed by atoms with Gasteiger partial charge in [0.15, 0.2) is 22.0 Å². The zero-order valence-corrected chi connectivity index (χ0v) is 29.6. The van der Waals surface area contributed by atoms with E-state index in [0.717, 1.165) is 24.3 Å². The van der Waals surface area contributed by atoms with Crippen LogP contribution in [0.25, 0.3) is 0 Å². The molecule has 12 nitrogen and oxygen atoms in total. The Balaban J connectivity index is 0.000000583. The Hall–Kier alpha value is -3.68. The first-order chi connectivity index (χ1) is 25.1. The van der Waals surface area contributed by atoms with Crippen molar-refractivity contribution in [2.45, 2.75) is 45.7 Å². The maximum absolute atomic E-state index is 12.6. The van der Waals surface area contributed by atoms with Crippen LogP contribution in [-0.4, -0.2) is 106 Å². The Morgan fingerprint density at radius 3 is 0.821 bits per heavy atom. The highest BCUT2D eigenvalue weighted by atomic mass is 32.2. The van der Waals surface area contributed by atoms with Crippen molar-refractivity contribution >= 4 is 40.5 Å². The van der Waals surface area contributed by atoms with Crippen molar-refractivity contribution in [3.63, 3.8) is 0 Å². The van der Waals surface area contributed by atoms with Crippen LogP contribution in [0.3, 0.4) is 0 Å². The molecule has 0 aliphatic rings. The maximum Gasteiger partial charge on any atom is 0.417 e. The van der Waals surface area contributed by atoms with Gasteiger partial charge in [0, 0.05) is 0 Å². The molecule has 0 unspecified atom stereocenters. The largest absolute Gasteiger partial charge is 0.417 e. The molecule has 0 aliphatic heterocycles. The van der Waals surface area contributed by atoms with E-state index in [9.17, 15) is 104 Å². The Labute approximate surface area is 304 Å². The van der Waals surface area contributed by atoms with Crippen molar-refractivity contribution in [2.24, 2.45) is 0 Å². The van der Waals surface area contributed by atoms with Gasteiger partial charge in [-0.1, -0.05) is 12.1 Å². The summed E-state index contributed by atoms with van der Waals surface area (Å²) in [4.78, 5) is 0. The smallest absolute Gasteiger partial charge is 0.382 e. The summed E-state index contributed by atoms with van der Waals surface area (Å²) >= 11 is 0. The van der Waals surface area contributed by atoms with E-state index < -0.39 is 124 Å². The lowest BCUT2D eigenvalue weighted by Crippen LogP contribution is -2.50. The first kappa shape index (κ1) is 50.3. The minimum Gasteiger partial charge on any atom is -0.382 e. The van der Waals surface area contributed by atoms with Gasteiger partial charge in [-0.25, -0.2) is 17.6 Å². The predicted octanol–water partition coefficient (Wildman–Crippen LogP) is 5.81. The summed E-state index contributed by atoms with van der Waals surface area (Å²) in [6, 6.07) is 5.19. The van der Waals surface area contributed by atoms with Gasteiger partial charge < -0.3 is 16.7 Å². The highest BCUT2D eigenvalue weighted by Gasteiger charge is 2.67. The minimum atomic E-state index is -6.82. The molecule has 0 aliphatic carbocycles. The van der Waals surface area contributed by atoms with Crippen molar-refractivity contribution in [1.82, 2.24) is 0 Å². The van der Waals surface area contributed by atoms with E-state index in [1.807, 2.05) is 0 Å². The van der Waals surface area contributed by atoms with E-state index in [1.54, 1.807) is 0 Å². The average molecular weight is 933 g/mol. The van der Waals surface area contributed by atoms with Gasteiger partial charge in [-0.05, 0) is 36.4 Å². The maximum atomic E-state index is 12.6. The monoisotopic (exact) mass is 932 g/mol. The molecule has 32 heteroatoms. The van der Waals surface area contributed by atoms with Gasteiger partial charge in [0.25, 0.3) is 10.5 Å². The SMILES string of the molecule is O=S(=O)(Oc1ccc(OS(=O)(=O)C(CF)CF)cc1)C(CF)CF.O=S(=O)(Oc1ccccc1OS(=O)(=O)C(C(F)(F)F)C(F)(F)F)C(C(F)(F)F)C(F)(F)F. The van der Waals surface area contributed by atoms with E-state index in [-0.39, 0.29) is 23.6 Å². The zero-order valence-electron chi connectivity index (χ0n) is 26.3. The topological polar surface area (TPSA) is 173 Å². The molecule has 0 bridgehead atoms. The Morgan fingerprint density at radius 1 is 0.393 bits per heavy atom. The van der Waals surface area contributed by atoms with Gasteiger partial charge in [0.2, 0.25) is 0 Å². The third-order valence-corrected chi connectivity index (χ3v) is 11.8. The van der Waals surface area contributed by atoms with E-state index >= 15 is 0 Å². The number of hydrogen-bond donors (Lipinski definition) is 0. The fraction of sp³-hybridized carbons (Fsp3) is 0.500. The zero-order chi connectivity index (χ0) is 43.9. The fourth-order valence-electron chi connectivity index (χ4n) is 3.31. The van der Waals surface area contributed by atoms with Gasteiger partial charge in [0.05, 0.1) is 0 Å². The summed E-state index contributed by atoms with van der Waals surface area (Å²) in [6.07, 6.45) is -26.1. The van der Waals surface area contributed by atoms with Gasteiger partial charge in [-0.2, -0.15) is 86.4 Å². The second kappa shape index (κ2) is 18.3. The van der Waals surface area contributed by atoms with Gasteiger partial charge >= 0.3 is 65.2 Å². The summed E-state index contributed by atoms with van der Waals surface area (Å²) in [6.45, 7) is -5.92. The molecule has 0 N–H and O–H groups in total. The summed E-state index contributed by atoms with van der Waals surface area (Å²) in [5, 5.41) is -14.4. The summed E-state index contributed by atoms with van der Waals surface area (Å²) in [7, 11) is -22.7. The second-order valence-corrected chi connectivity index (χ2v) is 16.9. The van der Waals surface area contributed by atoms with E-state index in [1.165, 1.54) is 0 Å². The first-order valence-corrected chi connectivity index (χ1v) is 19.4. The highest BCUT2D eigenvalue weighted by molar-refractivity contribution is 7.88. The molecular weight excluding hydrogens is 912 g/mol. The molecule has 0 aromatic heterocycles. The van der Waals surface area contributed by atoms with Gasteiger partial charge in [-0.3, -0.25) is 0 Å². The molecule has 0 fully saturated rings. The molecule has 0 spiro atoms. The standard InChI is InChI=1S/C12H6F12O6S2.C12H14F4O6S2/c13-9(14,15)7(10(16,17)18)31(25,26)29-5-3-1-2-4-6(5)30-32(27,28)8(11(19,20)21)12(22,23)24;13-5-11(6-14)23(17,18)21-9-1-2-10(4-3-9)22-24(19,20)12(7-15)8-16/h1-4,7-8H;1-4,11-12H,5-8H2. The summed E-state index contributed by atoms with van der Waals surface area (Å²) < 4.78 is 309. The summed E-state index contributed by atoms with van der Waals surface area (Å²) in [5.74, 6) is -4.45. The Bertz CT molecular complexity index is 1850. The van der Waals surface area contributed by atoms with E-state index in [0.29, 0.717) is 12.1 Å². The average Bonchev–Trinajstić information content (AvgIpc) is 2.96. The molecule has 0 saturated carbocycles. The second-order valence-electron chi connectivity index (χ2n) is 10.0. The molecule has 56 heavy (non-hydrogen) atoms. The lowest BCUT2D eigenvalue weighted by atomic mass is 10.3. The molecule has 0 amide bonds. The van der Waals surface area contributed by atoms with Crippen LogP contribution in [-0.2, 0) is 40.5 Å². The number of benzene rings is 2. The third kappa shape index (κ3) is 14.1. The van der Waals surface area contributed by atoms with Crippen LogP contribution in [0.5, 0.6) is 23.0 Å². The normalized spacial score (nSPS) is 13.8. The van der Waals surface area contributed by atoms with Gasteiger partial charge in [0.1, 0.15) is 38.2 Å². The highest BCUT2D eigenvalue weighted by Crippen LogP contribution is 2.43. The summed E-state index contributed by atoms with van der Waals surface area (Å²) in [5.41, 5.74) is 0. The van der Waals surface area contributed by atoms with Crippen molar-refractivity contribution in [1.29, 1.82) is 0 Å².